The van der Waals surface area contributed by atoms with E-state index in [0.29, 0.717) is 6.54 Å². The fourth-order valence-electron chi connectivity index (χ4n) is 2.72. The van der Waals surface area contributed by atoms with Crippen LogP contribution in [-0.4, -0.2) is 61.3 Å². The summed E-state index contributed by atoms with van der Waals surface area (Å²) in [6.07, 6.45) is 0.733. The zero-order chi connectivity index (χ0) is 14.4. The van der Waals surface area contributed by atoms with E-state index in [1.807, 2.05) is 24.3 Å². The van der Waals surface area contributed by atoms with E-state index in [-0.39, 0.29) is 0 Å². The van der Waals surface area contributed by atoms with Gasteiger partial charge >= 0.3 is 0 Å². The minimum absolute atomic E-state index is 0.446. The summed E-state index contributed by atoms with van der Waals surface area (Å²) in [7, 11) is 1.65. The molecule has 20 heavy (non-hydrogen) atoms. The molecule has 0 saturated carbocycles. The average Bonchev–Trinajstić information content (AvgIpc) is 2.72. The lowest BCUT2D eigenvalue weighted by atomic mass is 10.1. The molecular formula is C16H26N2O2. The highest BCUT2D eigenvalue weighted by Gasteiger charge is 2.17. The van der Waals surface area contributed by atoms with Crippen LogP contribution in [0.3, 0.4) is 0 Å². The normalized spacial score (nSPS) is 19.6. The van der Waals surface area contributed by atoms with E-state index in [0.717, 1.165) is 37.5 Å². The zero-order valence-electron chi connectivity index (χ0n) is 12.6. The lowest BCUT2D eigenvalue weighted by Gasteiger charge is -2.24. The predicted octanol–water partition coefficient (Wildman–Crippen LogP) is 1.76. The van der Waals surface area contributed by atoms with Gasteiger partial charge in [-0.3, -0.25) is 4.90 Å². The zero-order valence-corrected chi connectivity index (χ0v) is 12.6. The third-order valence-corrected chi connectivity index (χ3v) is 4.04. The number of hydrogen-bond donors (Lipinski definition) is 1. The molecule has 2 rings (SSSR count). The first-order valence-electron chi connectivity index (χ1n) is 7.49. The second-order valence-corrected chi connectivity index (χ2v) is 5.38. The van der Waals surface area contributed by atoms with Crippen molar-refractivity contribution in [3.8, 4) is 5.75 Å². The van der Waals surface area contributed by atoms with Crippen molar-refractivity contribution in [1.29, 1.82) is 0 Å². The maximum atomic E-state index is 10.4. The average molecular weight is 278 g/mol. The summed E-state index contributed by atoms with van der Waals surface area (Å²) >= 11 is 0. The molecular weight excluding hydrogens is 252 g/mol. The van der Waals surface area contributed by atoms with E-state index in [1.54, 1.807) is 7.11 Å². The maximum Gasteiger partial charge on any atom is 0.119 e. The Kier molecular flexibility index (Phi) is 5.83. The van der Waals surface area contributed by atoms with Crippen LogP contribution in [0.4, 0.5) is 0 Å². The number of nitrogens with zero attached hydrogens (tertiary/aromatic N) is 2. The van der Waals surface area contributed by atoms with Gasteiger partial charge in [0.1, 0.15) is 5.75 Å². The van der Waals surface area contributed by atoms with Crippen LogP contribution in [0.2, 0.25) is 0 Å². The Bertz CT molecular complexity index is 411. The van der Waals surface area contributed by atoms with E-state index in [1.165, 1.54) is 13.0 Å². The molecule has 0 radical (unpaired) electrons. The highest BCUT2D eigenvalue weighted by atomic mass is 16.5. The molecule has 1 aromatic rings. The van der Waals surface area contributed by atoms with Gasteiger partial charge in [-0.2, -0.15) is 0 Å². The maximum absolute atomic E-state index is 10.4. The molecule has 4 heteroatoms. The number of aliphatic hydroxyl groups excluding tert-OH is 1. The molecule has 1 unspecified atom stereocenters. The number of benzene rings is 1. The number of likely N-dealkylation sites (N-methyl/N-ethyl adjacent to an activating group) is 1. The first-order valence-corrected chi connectivity index (χ1v) is 7.49. The third kappa shape index (κ3) is 4.20. The molecule has 4 nitrogen and oxygen atoms in total. The monoisotopic (exact) mass is 278 g/mol. The number of rotatable bonds is 5. The van der Waals surface area contributed by atoms with Crippen molar-refractivity contribution in [2.24, 2.45) is 0 Å². The fourth-order valence-corrected chi connectivity index (χ4v) is 2.72. The van der Waals surface area contributed by atoms with Crippen molar-refractivity contribution < 1.29 is 9.84 Å². The summed E-state index contributed by atoms with van der Waals surface area (Å²) in [6.45, 7) is 8.40. The first kappa shape index (κ1) is 15.3. The van der Waals surface area contributed by atoms with Crippen LogP contribution < -0.4 is 4.74 Å². The molecule has 0 bridgehead atoms. The second kappa shape index (κ2) is 7.62. The smallest absolute Gasteiger partial charge is 0.119 e. The summed E-state index contributed by atoms with van der Waals surface area (Å²) in [5, 5.41) is 10.4. The Labute approximate surface area is 122 Å². The number of ether oxygens (including phenoxy) is 1. The molecule has 1 fully saturated rings. The van der Waals surface area contributed by atoms with Crippen LogP contribution in [0.15, 0.2) is 24.3 Å². The molecule has 1 aliphatic heterocycles. The van der Waals surface area contributed by atoms with Gasteiger partial charge < -0.3 is 14.7 Å². The van der Waals surface area contributed by atoms with Gasteiger partial charge in [0.25, 0.3) is 0 Å². The quantitative estimate of drug-likeness (QED) is 0.890. The van der Waals surface area contributed by atoms with Crippen molar-refractivity contribution >= 4 is 0 Å². The lowest BCUT2D eigenvalue weighted by molar-refractivity contribution is 0.114. The van der Waals surface area contributed by atoms with Gasteiger partial charge in [-0.25, -0.2) is 0 Å². The molecule has 0 aliphatic carbocycles. The van der Waals surface area contributed by atoms with E-state index in [4.69, 9.17) is 4.74 Å². The molecule has 1 N–H and O–H groups in total. The summed E-state index contributed by atoms with van der Waals surface area (Å²) in [5.74, 6) is 0.801. The Morgan fingerprint density at radius 2 is 1.95 bits per heavy atom. The highest BCUT2D eigenvalue weighted by molar-refractivity contribution is 5.29. The van der Waals surface area contributed by atoms with Crippen LogP contribution in [0.25, 0.3) is 0 Å². The number of aliphatic hydroxyl groups is 1. The second-order valence-electron chi connectivity index (χ2n) is 5.38. The van der Waals surface area contributed by atoms with Crippen molar-refractivity contribution in [1.82, 2.24) is 9.80 Å². The molecule has 1 aliphatic rings. The fraction of sp³-hybridized carbons (Fsp3) is 0.625. The minimum atomic E-state index is -0.446. The Hall–Kier alpha value is -1.10. The van der Waals surface area contributed by atoms with Crippen molar-refractivity contribution in [2.45, 2.75) is 19.4 Å². The lowest BCUT2D eigenvalue weighted by Crippen LogP contribution is -2.33. The van der Waals surface area contributed by atoms with E-state index in [9.17, 15) is 5.11 Å². The van der Waals surface area contributed by atoms with Crippen LogP contribution >= 0.6 is 0 Å². The van der Waals surface area contributed by atoms with Crippen molar-refractivity contribution in [2.75, 3.05) is 46.4 Å². The molecule has 1 heterocycles. The molecule has 0 aromatic heterocycles. The molecule has 112 valence electrons. The van der Waals surface area contributed by atoms with Gasteiger partial charge in [-0.1, -0.05) is 19.1 Å². The predicted molar refractivity (Wildman–Crippen MR) is 81.1 cm³/mol. The van der Waals surface area contributed by atoms with Crippen LogP contribution in [0, 0.1) is 0 Å². The standard InChI is InChI=1S/C16H26N2O2/c1-3-17-8-5-9-18(11-10-17)13-16(19)14-6-4-7-15(12-14)20-2/h4,6-7,12,16,19H,3,5,8-11,13H2,1-2H3. The summed E-state index contributed by atoms with van der Waals surface area (Å²) in [4.78, 5) is 4.83. The largest absolute Gasteiger partial charge is 0.497 e. The molecule has 0 amide bonds. The summed E-state index contributed by atoms with van der Waals surface area (Å²) in [6, 6.07) is 7.71. The Morgan fingerprint density at radius 3 is 2.70 bits per heavy atom. The number of methoxy groups -OCH3 is 1. The minimum Gasteiger partial charge on any atom is -0.497 e. The van der Waals surface area contributed by atoms with Gasteiger partial charge in [-0.05, 0) is 43.8 Å². The highest BCUT2D eigenvalue weighted by Crippen LogP contribution is 2.20. The van der Waals surface area contributed by atoms with Gasteiger partial charge in [0.05, 0.1) is 13.2 Å². The van der Waals surface area contributed by atoms with Gasteiger partial charge in [-0.15, -0.1) is 0 Å². The number of β-amino-alcohol motifs (C(OH)–C–C–N with tert-alkyl or cyclic N) is 1. The molecule has 1 saturated heterocycles. The topological polar surface area (TPSA) is 35.9 Å². The first-order chi connectivity index (χ1) is 9.72. The molecule has 1 atom stereocenters. The Balaban J connectivity index is 1.91. The van der Waals surface area contributed by atoms with Crippen LogP contribution in [0.5, 0.6) is 5.75 Å². The molecule has 1 aromatic carbocycles. The van der Waals surface area contributed by atoms with Gasteiger partial charge in [0, 0.05) is 19.6 Å². The SMILES string of the molecule is CCN1CCCN(CC(O)c2cccc(OC)c2)CC1. The number of hydrogen-bond acceptors (Lipinski definition) is 4. The summed E-state index contributed by atoms with van der Waals surface area (Å²) in [5.41, 5.74) is 0.931. The van der Waals surface area contributed by atoms with Gasteiger partial charge in [0.2, 0.25) is 0 Å². The van der Waals surface area contributed by atoms with Gasteiger partial charge in [0.15, 0.2) is 0 Å². The van der Waals surface area contributed by atoms with Crippen molar-refractivity contribution in [3.63, 3.8) is 0 Å². The van der Waals surface area contributed by atoms with Crippen LogP contribution in [-0.2, 0) is 0 Å². The summed E-state index contributed by atoms with van der Waals surface area (Å²) < 4.78 is 5.21. The van der Waals surface area contributed by atoms with Crippen LogP contribution in [0.1, 0.15) is 25.0 Å². The van der Waals surface area contributed by atoms with Crippen molar-refractivity contribution in [3.05, 3.63) is 29.8 Å². The van der Waals surface area contributed by atoms with E-state index < -0.39 is 6.10 Å². The Morgan fingerprint density at radius 1 is 1.20 bits per heavy atom. The van der Waals surface area contributed by atoms with E-state index >= 15 is 0 Å². The molecule has 0 spiro atoms. The van der Waals surface area contributed by atoms with E-state index in [2.05, 4.69) is 16.7 Å². The third-order valence-electron chi connectivity index (χ3n) is 4.04.